The highest BCUT2D eigenvalue weighted by atomic mass is 32.2. The molecule has 0 bridgehead atoms. The number of anilines is 1. The Hall–Kier alpha value is -2.34. The van der Waals surface area contributed by atoms with Gasteiger partial charge in [-0.25, -0.2) is 8.42 Å². The van der Waals surface area contributed by atoms with E-state index in [0.717, 1.165) is 5.56 Å². The highest BCUT2D eigenvalue weighted by Gasteiger charge is 2.24. The summed E-state index contributed by atoms with van der Waals surface area (Å²) >= 11 is 0. The summed E-state index contributed by atoms with van der Waals surface area (Å²) in [4.78, 5) is 10.9. The van der Waals surface area contributed by atoms with Crippen molar-refractivity contribution in [3.05, 3.63) is 60.2 Å². The van der Waals surface area contributed by atoms with E-state index in [4.69, 9.17) is 5.11 Å². The molecule has 5 nitrogen and oxygen atoms in total. The minimum atomic E-state index is -3.73. The molecule has 0 aliphatic heterocycles. The van der Waals surface area contributed by atoms with Gasteiger partial charge in [0.25, 0.3) is 10.0 Å². The second-order valence-corrected chi connectivity index (χ2v) is 7.09. The molecule has 0 aliphatic rings. The molecular weight excluding hydrogens is 314 g/mol. The van der Waals surface area contributed by atoms with Gasteiger partial charge in [0, 0.05) is 13.0 Å². The molecule has 2 rings (SSSR count). The minimum absolute atomic E-state index is 0.0766. The van der Waals surface area contributed by atoms with Gasteiger partial charge >= 0.3 is 5.97 Å². The second-order valence-electron chi connectivity index (χ2n) is 5.22. The molecule has 2 aromatic rings. The Morgan fingerprint density at radius 2 is 1.65 bits per heavy atom. The molecule has 23 heavy (non-hydrogen) atoms. The summed E-state index contributed by atoms with van der Waals surface area (Å²) in [7, 11) is -3.73. The van der Waals surface area contributed by atoms with Gasteiger partial charge < -0.3 is 5.11 Å². The predicted molar refractivity (Wildman–Crippen MR) is 89.0 cm³/mol. The van der Waals surface area contributed by atoms with E-state index < -0.39 is 16.0 Å². The van der Waals surface area contributed by atoms with E-state index in [0.29, 0.717) is 5.69 Å². The molecular formula is C17H19NO4S. The summed E-state index contributed by atoms with van der Waals surface area (Å²) in [6.45, 7) is 2.00. The molecule has 0 atom stereocenters. The van der Waals surface area contributed by atoms with Crippen LogP contribution < -0.4 is 4.31 Å². The first kappa shape index (κ1) is 17.0. The number of benzene rings is 2. The van der Waals surface area contributed by atoms with Crippen LogP contribution in [0.3, 0.4) is 0 Å². The number of carbonyl (C=O) groups is 1. The molecule has 0 saturated heterocycles. The van der Waals surface area contributed by atoms with Gasteiger partial charge in [0.1, 0.15) is 0 Å². The third-order valence-electron chi connectivity index (χ3n) is 3.41. The molecule has 0 radical (unpaired) electrons. The standard InChI is InChI=1S/C17H19NO4S/c1-14-9-11-16(12-10-14)23(21,22)18(13-5-8-17(19)20)15-6-3-2-4-7-15/h2-4,6-7,9-12H,5,8,13H2,1H3,(H,19,20). The molecule has 2 aromatic carbocycles. The summed E-state index contributed by atoms with van der Waals surface area (Å²) in [5.41, 5.74) is 1.50. The van der Waals surface area contributed by atoms with Crippen LogP contribution in [-0.4, -0.2) is 26.0 Å². The minimum Gasteiger partial charge on any atom is -0.481 e. The van der Waals surface area contributed by atoms with Crippen LogP contribution in [0, 0.1) is 6.92 Å². The maximum absolute atomic E-state index is 12.9. The number of carboxylic acid groups (broad SMARTS) is 1. The van der Waals surface area contributed by atoms with Gasteiger partial charge in [-0.15, -0.1) is 0 Å². The first-order valence-corrected chi connectivity index (χ1v) is 8.71. The Morgan fingerprint density at radius 1 is 1.04 bits per heavy atom. The number of para-hydroxylation sites is 1. The molecule has 0 aliphatic carbocycles. The number of aliphatic carboxylic acids is 1. The molecule has 0 heterocycles. The van der Waals surface area contributed by atoms with Gasteiger partial charge in [0.2, 0.25) is 0 Å². The fraction of sp³-hybridized carbons (Fsp3) is 0.235. The molecule has 0 spiro atoms. The summed E-state index contributed by atoms with van der Waals surface area (Å²) in [5, 5.41) is 8.78. The third-order valence-corrected chi connectivity index (χ3v) is 5.25. The van der Waals surface area contributed by atoms with E-state index in [9.17, 15) is 13.2 Å². The highest BCUT2D eigenvalue weighted by molar-refractivity contribution is 7.92. The Kier molecular flexibility index (Phi) is 5.39. The third kappa shape index (κ3) is 4.32. The lowest BCUT2D eigenvalue weighted by atomic mass is 10.2. The van der Waals surface area contributed by atoms with Crippen LogP contribution in [-0.2, 0) is 14.8 Å². The van der Waals surface area contributed by atoms with Crippen LogP contribution in [0.1, 0.15) is 18.4 Å². The van der Waals surface area contributed by atoms with E-state index in [2.05, 4.69) is 0 Å². The number of carboxylic acids is 1. The predicted octanol–water partition coefficient (Wildman–Crippen LogP) is 3.06. The van der Waals surface area contributed by atoms with Crippen molar-refractivity contribution in [2.24, 2.45) is 0 Å². The summed E-state index contributed by atoms with van der Waals surface area (Å²) in [5.74, 6) is -0.939. The first-order chi connectivity index (χ1) is 10.9. The van der Waals surface area contributed by atoms with Crippen molar-refractivity contribution in [3.8, 4) is 0 Å². The van der Waals surface area contributed by atoms with Crippen molar-refractivity contribution in [1.29, 1.82) is 0 Å². The van der Waals surface area contributed by atoms with Crippen molar-refractivity contribution in [2.75, 3.05) is 10.8 Å². The van der Waals surface area contributed by atoms with Gasteiger partial charge in [-0.3, -0.25) is 9.10 Å². The maximum Gasteiger partial charge on any atom is 0.303 e. The van der Waals surface area contributed by atoms with E-state index in [1.54, 1.807) is 54.6 Å². The number of hydrogen-bond acceptors (Lipinski definition) is 3. The van der Waals surface area contributed by atoms with Gasteiger partial charge in [0.05, 0.1) is 10.6 Å². The number of aryl methyl sites for hydroxylation is 1. The average Bonchev–Trinajstić information content (AvgIpc) is 2.52. The number of sulfonamides is 1. The molecule has 0 unspecified atom stereocenters. The Labute approximate surface area is 136 Å². The fourth-order valence-corrected chi connectivity index (χ4v) is 3.70. The number of rotatable bonds is 7. The van der Waals surface area contributed by atoms with Crippen LogP contribution in [0.15, 0.2) is 59.5 Å². The smallest absolute Gasteiger partial charge is 0.303 e. The van der Waals surface area contributed by atoms with Gasteiger partial charge in [0.15, 0.2) is 0 Å². The zero-order valence-corrected chi connectivity index (χ0v) is 13.7. The van der Waals surface area contributed by atoms with Crippen molar-refractivity contribution in [3.63, 3.8) is 0 Å². The van der Waals surface area contributed by atoms with Crippen molar-refractivity contribution >= 4 is 21.7 Å². The van der Waals surface area contributed by atoms with Gasteiger partial charge in [-0.05, 0) is 37.6 Å². The van der Waals surface area contributed by atoms with Crippen molar-refractivity contribution in [2.45, 2.75) is 24.7 Å². The lowest BCUT2D eigenvalue weighted by Crippen LogP contribution is -2.32. The second kappa shape index (κ2) is 7.28. The number of nitrogens with zero attached hydrogens (tertiary/aromatic N) is 1. The Balaban J connectivity index is 2.35. The Bertz CT molecular complexity index is 755. The Morgan fingerprint density at radius 3 is 2.22 bits per heavy atom. The van der Waals surface area contributed by atoms with Crippen LogP contribution >= 0.6 is 0 Å². The van der Waals surface area contributed by atoms with Gasteiger partial charge in [-0.1, -0.05) is 35.9 Å². The van der Waals surface area contributed by atoms with Crippen molar-refractivity contribution in [1.82, 2.24) is 0 Å². The van der Waals surface area contributed by atoms with E-state index in [-0.39, 0.29) is 24.3 Å². The van der Waals surface area contributed by atoms with Crippen LogP contribution in [0.25, 0.3) is 0 Å². The number of hydrogen-bond donors (Lipinski definition) is 1. The molecule has 1 N–H and O–H groups in total. The van der Waals surface area contributed by atoms with E-state index >= 15 is 0 Å². The summed E-state index contributed by atoms with van der Waals surface area (Å²) < 4.78 is 27.1. The lowest BCUT2D eigenvalue weighted by molar-refractivity contribution is -0.137. The normalized spacial score (nSPS) is 11.2. The van der Waals surface area contributed by atoms with Crippen LogP contribution in [0.2, 0.25) is 0 Å². The molecule has 0 saturated carbocycles. The monoisotopic (exact) mass is 333 g/mol. The largest absolute Gasteiger partial charge is 0.481 e. The molecule has 0 amide bonds. The quantitative estimate of drug-likeness (QED) is 0.845. The first-order valence-electron chi connectivity index (χ1n) is 7.27. The topological polar surface area (TPSA) is 74.7 Å². The van der Waals surface area contributed by atoms with E-state index in [1.807, 2.05) is 6.92 Å². The maximum atomic E-state index is 12.9. The van der Waals surface area contributed by atoms with E-state index in [1.165, 1.54) is 4.31 Å². The van der Waals surface area contributed by atoms with Crippen LogP contribution in [0.5, 0.6) is 0 Å². The molecule has 6 heteroatoms. The fourth-order valence-electron chi connectivity index (χ4n) is 2.19. The highest BCUT2D eigenvalue weighted by Crippen LogP contribution is 2.24. The molecule has 0 fully saturated rings. The zero-order valence-electron chi connectivity index (χ0n) is 12.8. The molecule has 0 aromatic heterocycles. The average molecular weight is 333 g/mol. The summed E-state index contributed by atoms with van der Waals surface area (Å²) in [6.07, 6.45) is 0.169. The van der Waals surface area contributed by atoms with Crippen LogP contribution in [0.4, 0.5) is 5.69 Å². The zero-order chi connectivity index (χ0) is 16.9. The van der Waals surface area contributed by atoms with Gasteiger partial charge in [-0.2, -0.15) is 0 Å². The lowest BCUT2D eigenvalue weighted by Gasteiger charge is -2.24. The van der Waals surface area contributed by atoms with Crippen molar-refractivity contribution < 1.29 is 18.3 Å². The summed E-state index contributed by atoms with van der Waals surface area (Å²) in [6, 6.07) is 15.3. The molecule has 122 valence electrons. The SMILES string of the molecule is Cc1ccc(S(=O)(=O)N(CCCC(=O)O)c2ccccc2)cc1.